The third kappa shape index (κ3) is 3.39. The Morgan fingerprint density at radius 3 is 2.76 bits per heavy atom. The molecule has 0 fully saturated rings. The Morgan fingerprint density at radius 1 is 1.38 bits per heavy atom. The van der Waals surface area contributed by atoms with Crippen LogP contribution in [0.3, 0.4) is 0 Å². The van der Waals surface area contributed by atoms with Gasteiger partial charge in [-0.25, -0.2) is 4.79 Å². The molecule has 1 N–H and O–H groups in total. The van der Waals surface area contributed by atoms with Crippen LogP contribution in [0.5, 0.6) is 0 Å². The van der Waals surface area contributed by atoms with Gasteiger partial charge in [0.15, 0.2) is 5.78 Å². The molecule has 1 atom stereocenters. The van der Waals surface area contributed by atoms with Gasteiger partial charge in [0.2, 0.25) is 5.91 Å². The molecule has 21 heavy (non-hydrogen) atoms. The average molecular weight is 290 g/mol. The van der Waals surface area contributed by atoms with Crippen molar-refractivity contribution in [1.82, 2.24) is 5.32 Å². The molecule has 0 saturated carbocycles. The summed E-state index contributed by atoms with van der Waals surface area (Å²) in [5.74, 6) is -0.706. The average Bonchev–Trinajstić information content (AvgIpc) is 2.48. The summed E-state index contributed by atoms with van der Waals surface area (Å²) in [6.45, 7) is 2.14. The lowest BCUT2D eigenvalue weighted by atomic mass is 10.00. The molecule has 0 aliphatic carbocycles. The van der Waals surface area contributed by atoms with E-state index in [1.54, 1.807) is 6.07 Å². The number of carbonyl (C=O) groups is 3. The summed E-state index contributed by atoms with van der Waals surface area (Å²) in [6.07, 6.45) is 0.394. The molecular weight excluding hydrogens is 272 g/mol. The summed E-state index contributed by atoms with van der Waals surface area (Å²) in [5, 5.41) is 2.58. The number of amides is 1. The van der Waals surface area contributed by atoms with E-state index in [0.29, 0.717) is 18.5 Å². The predicted octanol–water partition coefficient (Wildman–Crippen LogP) is 0.757. The number of Topliss-reactive ketones (excluding diaryl/α,β-unsaturated/α-hetero) is 1. The van der Waals surface area contributed by atoms with Crippen LogP contribution in [0.2, 0.25) is 0 Å². The number of ether oxygens (including phenoxy) is 1. The molecule has 0 spiro atoms. The maximum atomic E-state index is 11.9. The molecule has 0 radical (unpaired) electrons. The number of esters is 1. The molecular formula is C15H18N2O4. The molecule has 1 heterocycles. The lowest BCUT2D eigenvalue weighted by molar-refractivity contribution is -0.144. The van der Waals surface area contributed by atoms with Crippen LogP contribution in [0.1, 0.15) is 23.7 Å². The Bertz CT molecular complexity index is 571. The lowest BCUT2D eigenvalue weighted by Crippen LogP contribution is -2.50. The van der Waals surface area contributed by atoms with Crippen molar-refractivity contribution in [3.8, 4) is 0 Å². The third-order valence-corrected chi connectivity index (χ3v) is 3.42. The van der Waals surface area contributed by atoms with Gasteiger partial charge in [-0.05, 0) is 12.1 Å². The van der Waals surface area contributed by atoms with Gasteiger partial charge in [0.1, 0.15) is 6.04 Å². The predicted molar refractivity (Wildman–Crippen MR) is 77.2 cm³/mol. The second-order valence-electron chi connectivity index (χ2n) is 4.91. The van der Waals surface area contributed by atoms with E-state index in [0.717, 1.165) is 5.69 Å². The Morgan fingerprint density at radius 2 is 2.10 bits per heavy atom. The largest absolute Gasteiger partial charge is 0.467 e. The van der Waals surface area contributed by atoms with Crippen LogP contribution < -0.4 is 10.2 Å². The second-order valence-corrected chi connectivity index (χ2v) is 4.91. The van der Waals surface area contributed by atoms with Gasteiger partial charge in [-0.1, -0.05) is 12.1 Å². The van der Waals surface area contributed by atoms with Crippen molar-refractivity contribution in [2.75, 3.05) is 25.1 Å². The van der Waals surface area contributed by atoms with Gasteiger partial charge < -0.3 is 15.0 Å². The topological polar surface area (TPSA) is 75.7 Å². The molecule has 0 aromatic heterocycles. The van der Waals surface area contributed by atoms with Gasteiger partial charge in [-0.3, -0.25) is 9.59 Å². The fourth-order valence-electron chi connectivity index (χ4n) is 2.45. The van der Waals surface area contributed by atoms with E-state index in [-0.39, 0.29) is 18.2 Å². The number of benzene rings is 1. The molecule has 1 aromatic rings. The van der Waals surface area contributed by atoms with Gasteiger partial charge in [-0.2, -0.15) is 0 Å². The number of nitrogens with zero attached hydrogens (tertiary/aromatic N) is 1. The van der Waals surface area contributed by atoms with E-state index < -0.39 is 12.0 Å². The number of anilines is 1. The van der Waals surface area contributed by atoms with Crippen LogP contribution in [0, 0.1) is 0 Å². The Kier molecular flexibility index (Phi) is 4.57. The van der Waals surface area contributed by atoms with Crippen molar-refractivity contribution in [3.05, 3.63) is 29.8 Å². The summed E-state index contributed by atoms with van der Waals surface area (Å²) in [5.41, 5.74) is 1.43. The quantitative estimate of drug-likeness (QED) is 0.828. The molecule has 1 aliphatic heterocycles. The van der Waals surface area contributed by atoms with Crippen LogP contribution in [0.25, 0.3) is 0 Å². The van der Waals surface area contributed by atoms with E-state index in [2.05, 4.69) is 5.32 Å². The highest BCUT2D eigenvalue weighted by atomic mass is 16.5. The first kappa shape index (κ1) is 15.0. The van der Waals surface area contributed by atoms with Crippen LogP contribution >= 0.6 is 0 Å². The second kappa shape index (κ2) is 6.39. The van der Waals surface area contributed by atoms with Crippen molar-refractivity contribution in [1.29, 1.82) is 0 Å². The Balaban J connectivity index is 2.21. The summed E-state index contributed by atoms with van der Waals surface area (Å²) in [7, 11) is 1.28. The summed E-state index contributed by atoms with van der Waals surface area (Å²) >= 11 is 0. The number of rotatable bonds is 4. The minimum atomic E-state index is -0.756. The molecule has 1 amide bonds. The van der Waals surface area contributed by atoms with Gasteiger partial charge in [0, 0.05) is 37.7 Å². The highest BCUT2D eigenvalue weighted by Crippen LogP contribution is 2.26. The fourth-order valence-corrected chi connectivity index (χ4v) is 2.45. The van der Waals surface area contributed by atoms with Crippen LogP contribution in [-0.2, 0) is 14.3 Å². The molecule has 1 unspecified atom stereocenters. The number of para-hydroxylation sites is 1. The number of carbonyl (C=O) groups excluding carboxylic acids is 3. The minimum Gasteiger partial charge on any atom is -0.467 e. The smallest absolute Gasteiger partial charge is 0.330 e. The molecule has 112 valence electrons. The number of hydrogen-bond acceptors (Lipinski definition) is 5. The Labute approximate surface area is 123 Å². The molecule has 0 saturated heterocycles. The zero-order valence-electron chi connectivity index (χ0n) is 12.1. The van der Waals surface area contributed by atoms with Crippen molar-refractivity contribution in [2.45, 2.75) is 19.4 Å². The van der Waals surface area contributed by atoms with Crippen LogP contribution in [0.4, 0.5) is 5.69 Å². The van der Waals surface area contributed by atoms with Crippen molar-refractivity contribution < 1.29 is 19.1 Å². The molecule has 6 nitrogen and oxygen atoms in total. The molecule has 2 rings (SSSR count). The lowest BCUT2D eigenvalue weighted by Gasteiger charge is -2.32. The van der Waals surface area contributed by atoms with Crippen molar-refractivity contribution >= 4 is 23.3 Å². The molecule has 1 aliphatic rings. The third-order valence-electron chi connectivity index (χ3n) is 3.42. The fraction of sp³-hybridized carbons (Fsp3) is 0.400. The summed E-state index contributed by atoms with van der Waals surface area (Å²) in [6, 6.07) is 6.51. The molecule has 0 bridgehead atoms. The molecule has 1 aromatic carbocycles. The van der Waals surface area contributed by atoms with Gasteiger partial charge in [-0.15, -0.1) is 0 Å². The zero-order chi connectivity index (χ0) is 15.4. The van der Waals surface area contributed by atoms with Crippen LogP contribution in [-0.4, -0.2) is 43.9 Å². The monoisotopic (exact) mass is 290 g/mol. The van der Waals surface area contributed by atoms with Crippen molar-refractivity contribution in [3.63, 3.8) is 0 Å². The van der Waals surface area contributed by atoms with E-state index in [1.165, 1.54) is 14.0 Å². The highest BCUT2D eigenvalue weighted by molar-refractivity contribution is 6.03. The van der Waals surface area contributed by atoms with Gasteiger partial charge in [0.05, 0.1) is 7.11 Å². The van der Waals surface area contributed by atoms with E-state index in [4.69, 9.17) is 4.74 Å². The first-order chi connectivity index (χ1) is 10.0. The minimum absolute atomic E-state index is 0.0935. The summed E-state index contributed by atoms with van der Waals surface area (Å²) < 4.78 is 4.72. The standard InChI is InChI=1S/C15H18N2O4/c1-10(18)16-12(15(20)21-2)9-17-8-7-14(19)11-5-3-4-6-13(11)17/h3-6,12H,7-9H2,1-2H3,(H,16,18). The zero-order valence-corrected chi connectivity index (χ0v) is 12.1. The van der Waals surface area contributed by atoms with Gasteiger partial charge >= 0.3 is 5.97 Å². The normalized spacial score (nSPS) is 15.1. The number of hydrogen-bond donors (Lipinski definition) is 1. The number of ketones is 1. The number of nitrogens with one attached hydrogen (secondary N) is 1. The number of methoxy groups -OCH3 is 1. The first-order valence-corrected chi connectivity index (χ1v) is 6.75. The molecule has 6 heteroatoms. The maximum absolute atomic E-state index is 11.9. The summed E-state index contributed by atoms with van der Waals surface area (Å²) in [4.78, 5) is 36.8. The van der Waals surface area contributed by atoms with Gasteiger partial charge in [0.25, 0.3) is 0 Å². The van der Waals surface area contributed by atoms with Crippen LogP contribution in [0.15, 0.2) is 24.3 Å². The van der Waals surface area contributed by atoms with E-state index >= 15 is 0 Å². The number of fused-ring (bicyclic) bond motifs is 1. The highest BCUT2D eigenvalue weighted by Gasteiger charge is 2.28. The SMILES string of the molecule is COC(=O)C(CN1CCC(=O)c2ccccc21)NC(C)=O. The van der Waals surface area contributed by atoms with E-state index in [1.807, 2.05) is 23.1 Å². The first-order valence-electron chi connectivity index (χ1n) is 6.75. The van der Waals surface area contributed by atoms with E-state index in [9.17, 15) is 14.4 Å². The maximum Gasteiger partial charge on any atom is 0.330 e. The van der Waals surface area contributed by atoms with Crippen molar-refractivity contribution in [2.24, 2.45) is 0 Å². The Hall–Kier alpha value is -2.37.